The van der Waals surface area contributed by atoms with Gasteiger partial charge in [-0.15, -0.1) is 0 Å². The van der Waals surface area contributed by atoms with Gasteiger partial charge in [-0.2, -0.15) is 8.78 Å². The molecule has 134 valence electrons. The quantitative estimate of drug-likeness (QED) is 0.776. The molecule has 9 heteroatoms. The maximum Gasteiger partial charge on any atom is 0.387 e. The lowest BCUT2D eigenvalue weighted by Gasteiger charge is -2.25. The summed E-state index contributed by atoms with van der Waals surface area (Å²) in [6.45, 7) is -0.294. The van der Waals surface area contributed by atoms with Crippen molar-refractivity contribution in [3.63, 3.8) is 0 Å². The molecule has 0 heterocycles. The zero-order valence-electron chi connectivity index (χ0n) is 13.7. The Morgan fingerprint density at radius 2 is 1.67 bits per heavy atom. The lowest BCUT2D eigenvalue weighted by molar-refractivity contribution is -0.138. The summed E-state index contributed by atoms with van der Waals surface area (Å²) in [5.74, 6) is -2.38. The highest BCUT2D eigenvalue weighted by Gasteiger charge is 2.25. The van der Waals surface area contributed by atoms with Crippen LogP contribution in [0.2, 0.25) is 0 Å². The number of methoxy groups -OCH3 is 2. The maximum atomic E-state index is 12.6. The van der Waals surface area contributed by atoms with Crippen molar-refractivity contribution in [2.75, 3.05) is 20.8 Å². The van der Waals surface area contributed by atoms with Crippen molar-refractivity contribution < 1.29 is 37.7 Å². The van der Waals surface area contributed by atoms with Crippen LogP contribution in [-0.2, 0) is 4.79 Å². The number of hydrogen-bond donors (Lipinski definition) is 1. The Morgan fingerprint density at radius 3 is 2.00 bits per heavy atom. The van der Waals surface area contributed by atoms with Gasteiger partial charge < -0.3 is 24.2 Å². The number of carbonyl (C=O) groups is 2. The fraction of sp³-hybridized carbons (Fsp3) is 0.467. The molecule has 0 bridgehead atoms. The number of hydrogen-bond acceptors (Lipinski definition) is 5. The van der Waals surface area contributed by atoms with Gasteiger partial charge in [0.1, 0.15) is 6.54 Å². The van der Waals surface area contributed by atoms with Gasteiger partial charge in [0.15, 0.2) is 11.5 Å². The molecule has 1 rings (SSSR count). The number of carboxylic acids is 1. The van der Waals surface area contributed by atoms with Crippen molar-refractivity contribution >= 4 is 11.9 Å². The minimum absolute atomic E-state index is 0.0280. The highest BCUT2D eigenvalue weighted by molar-refractivity contribution is 5.97. The van der Waals surface area contributed by atoms with Crippen LogP contribution in [0.25, 0.3) is 0 Å². The summed E-state index contributed by atoms with van der Waals surface area (Å²) in [7, 11) is 2.44. The van der Waals surface area contributed by atoms with E-state index in [1.165, 1.54) is 26.4 Å². The molecule has 0 aromatic heterocycles. The second-order valence-corrected chi connectivity index (χ2v) is 5.01. The number of benzene rings is 1. The maximum absolute atomic E-state index is 12.6. The molecule has 7 nitrogen and oxygen atoms in total. The van der Waals surface area contributed by atoms with E-state index < -0.39 is 25.0 Å². The van der Waals surface area contributed by atoms with Crippen molar-refractivity contribution in [3.05, 3.63) is 17.7 Å². The smallest absolute Gasteiger partial charge is 0.387 e. The van der Waals surface area contributed by atoms with E-state index in [9.17, 15) is 18.4 Å². The van der Waals surface area contributed by atoms with Crippen molar-refractivity contribution in [1.82, 2.24) is 4.90 Å². The molecular weight excluding hydrogens is 328 g/mol. The first-order chi connectivity index (χ1) is 11.2. The van der Waals surface area contributed by atoms with Crippen LogP contribution in [0.5, 0.6) is 17.2 Å². The third kappa shape index (κ3) is 4.71. The largest absolute Gasteiger partial charge is 0.493 e. The van der Waals surface area contributed by atoms with Crippen molar-refractivity contribution in [3.8, 4) is 17.2 Å². The summed E-state index contributed by atoms with van der Waals surface area (Å²) < 4.78 is 39.3. The Morgan fingerprint density at radius 1 is 1.17 bits per heavy atom. The molecule has 1 N–H and O–H groups in total. The average molecular weight is 347 g/mol. The number of aliphatic carboxylic acids is 1. The predicted octanol–water partition coefficient (Wildman–Crippen LogP) is 2.24. The molecule has 0 aliphatic carbocycles. The van der Waals surface area contributed by atoms with Crippen molar-refractivity contribution in [2.24, 2.45) is 0 Å². The predicted molar refractivity (Wildman–Crippen MR) is 80.0 cm³/mol. The van der Waals surface area contributed by atoms with Gasteiger partial charge in [-0.1, -0.05) is 0 Å². The number of ether oxygens (including phenoxy) is 3. The van der Waals surface area contributed by atoms with Crippen LogP contribution < -0.4 is 14.2 Å². The average Bonchev–Trinajstić information content (AvgIpc) is 2.51. The van der Waals surface area contributed by atoms with E-state index in [-0.39, 0.29) is 28.9 Å². The number of carboxylic acid groups (broad SMARTS) is 1. The molecule has 0 aliphatic heterocycles. The standard InChI is InChI=1S/C15H19F2NO6/c1-8(2)18(7-12(19)20)14(21)9-5-10(22-3)13(24-15(16)17)11(6-9)23-4/h5-6,8,15H,7H2,1-4H3,(H,19,20). The van der Waals surface area contributed by atoms with Crippen LogP contribution in [0, 0.1) is 0 Å². The number of carbonyl (C=O) groups excluding carboxylic acids is 1. The zero-order chi connectivity index (χ0) is 18.4. The highest BCUT2D eigenvalue weighted by Crippen LogP contribution is 2.39. The van der Waals surface area contributed by atoms with E-state index >= 15 is 0 Å². The molecule has 0 saturated carbocycles. The lowest BCUT2D eigenvalue weighted by Crippen LogP contribution is -2.40. The first-order valence-electron chi connectivity index (χ1n) is 6.94. The minimum Gasteiger partial charge on any atom is -0.493 e. The minimum atomic E-state index is -3.10. The van der Waals surface area contributed by atoms with E-state index in [4.69, 9.17) is 14.6 Å². The van der Waals surface area contributed by atoms with Gasteiger partial charge >= 0.3 is 12.6 Å². The molecule has 1 aromatic rings. The Bertz CT molecular complexity index is 581. The monoisotopic (exact) mass is 347 g/mol. The Balaban J connectivity index is 3.32. The molecule has 0 aliphatic rings. The topological polar surface area (TPSA) is 85.3 Å². The lowest BCUT2D eigenvalue weighted by atomic mass is 10.1. The molecule has 1 aromatic carbocycles. The van der Waals surface area contributed by atoms with Gasteiger partial charge in [0, 0.05) is 11.6 Å². The first-order valence-corrected chi connectivity index (χ1v) is 6.94. The molecular formula is C15H19F2NO6. The van der Waals surface area contributed by atoms with Crippen LogP contribution in [-0.4, -0.2) is 55.3 Å². The van der Waals surface area contributed by atoms with Crippen molar-refractivity contribution in [2.45, 2.75) is 26.5 Å². The summed E-state index contributed by atoms with van der Waals surface area (Å²) in [4.78, 5) is 24.6. The second-order valence-electron chi connectivity index (χ2n) is 5.01. The van der Waals surface area contributed by atoms with E-state index in [1.807, 2.05) is 0 Å². The molecule has 0 radical (unpaired) electrons. The molecule has 0 saturated heterocycles. The van der Waals surface area contributed by atoms with E-state index in [0.29, 0.717) is 0 Å². The van der Waals surface area contributed by atoms with Gasteiger partial charge in [-0.05, 0) is 26.0 Å². The van der Waals surface area contributed by atoms with Gasteiger partial charge in [0.25, 0.3) is 5.91 Å². The third-order valence-corrected chi connectivity index (χ3v) is 3.10. The summed E-state index contributed by atoms with van der Waals surface area (Å²) in [5, 5.41) is 8.93. The number of amides is 1. The molecule has 0 unspecified atom stereocenters. The van der Waals surface area contributed by atoms with Gasteiger partial charge in [0.2, 0.25) is 5.75 Å². The van der Waals surface area contributed by atoms with E-state index in [1.54, 1.807) is 13.8 Å². The number of rotatable bonds is 8. The van der Waals surface area contributed by atoms with Crippen LogP contribution in [0.3, 0.4) is 0 Å². The molecule has 0 atom stereocenters. The Labute approximate surface area is 137 Å². The normalized spacial score (nSPS) is 10.7. The summed E-state index contributed by atoms with van der Waals surface area (Å²) in [6.07, 6.45) is 0. The van der Waals surface area contributed by atoms with Crippen LogP contribution in [0.1, 0.15) is 24.2 Å². The number of alkyl halides is 2. The first kappa shape index (κ1) is 19.5. The second kappa shape index (κ2) is 8.32. The molecule has 1 amide bonds. The SMILES string of the molecule is COc1cc(C(=O)N(CC(=O)O)C(C)C)cc(OC)c1OC(F)F. The molecule has 24 heavy (non-hydrogen) atoms. The van der Waals surface area contributed by atoms with Gasteiger partial charge in [0.05, 0.1) is 14.2 Å². The van der Waals surface area contributed by atoms with E-state index in [0.717, 1.165) is 4.90 Å². The van der Waals surface area contributed by atoms with Crippen LogP contribution in [0.15, 0.2) is 12.1 Å². The van der Waals surface area contributed by atoms with Crippen LogP contribution in [0.4, 0.5) is 8.78 Å². The summed E-state index contributed by atoms with van der Waals surface area (Å²) in [6, 6.07) is 2.00. The number of nitrogens with zero attached hydrogens (tertiary/aromatic N) is 1. The summed E-state index contributed by atoms with van der Waals surface area (Å²) in [5.41, 5.74) is 0.0280. The van der Waals surface area contributed by atoms with Crippen molar-refractivity contribution in [1.29, 1.82) is 0 Å². The van der Waals surface area contributed by atoms with Crippen LogP contribution >= 0.6 is 0 Å². The van der Waals surface area contributed by atoms with Gasteiger partial charge in [-0.3, -0.25) is 9.59 Å². The highest BCUT2D eigenvalue weighted by atomic mass is 19.3. The fourth-order valence-corrected chi connectivity index (χ4v) is 2.01. The van der Waals surface area contributed by atoms with E-state index in [2.05, 4.69) is 4.74 Å². The third-order valence-electron chi connectivity index (χ3n) is 3.10. The fourth-order valence-electron chi connectivity index (χ4n) is 2.01. The van der Waals surface area contributed by atoms with Gasteiger partial charge in [-0.25, -0.2) is 0 Å². The molecule has 0 spiro atoms. The Hall–Kier alpha value is -2.58. The number of halogens is 2. The Kier molecular flexibility index (Phi) is 6.75. The molecule has 0 fully saturated rings. The zero-order valence-corrected chi connectivity index (χ0v) is 13.7. The summed E-state index contributed by atoms with van der Waals surface area (Å²) >= 11 is 0.